The van der Waals surface area contributed by atoms with Crippen LogP contribution in [0.3, 0.4) is 0 Å². The third-order valence-electron chi connectivity index (χ3n) is 2.87. The largest absolute Gasteiger partial charge is 0.490 e. The van der Waals surface area contributed by atoms with E-state index in [2.05, 4.69) is 0 Å². The van der Waals surface area contributed by atoms with E-state index >= 15 is 0 Å². The van der Waals surface area contributed by atoms with Gasteiger partial charge in [0.05, 0.1) is 4.92 Å². The highest BCUT2D eigenvalue weighted by Gasteiger charge is 2.24. The maximum Gasteiger partial charge on any atom is 0.272 e. The van der Waals surface area contributed by atoms with Crippen LogP contribution in [-0.4, -0.2) is 16.8 Å². The van der Waals surface area contributed by atoms with E-state index in [9.17, 15) is 14.9 Å². The van der Waals surface area contributed by atoms with E-state index in [1.54, 1.807) is 19.1 Å². The molecule has 0 heterocycles. The molecule has 1 saturated carbocycles. The van der Waals surface area contributed by atoms with Crippen molar-refractivity contribution in [2.75, 3.05) is 0 Å². The minimum absolute atomic E-state index is 0.0802. The molecular weight excluding hydrogens is 222 g/mol. The average molecular weight is 235 g/mol. The van der Waals surface area contributed by atoms with E-state index in [0.29, 0.717) is 24.2 Å². The molecule has 0 N–H and O–H groups in total. The predicted molar refractivity (Wildman–Crippen MR) is 61.1 cm³/mol. The molecule has 90 valence electrons. The van der Waals surface area contributed by atoms with Gasteiger partial charge in [0.2, 0.25) is 0 Å². The molecular formula is C12H13NO4. The van der Waals surface area contributed by atoms with Crippen LogP contribution in [0.5, 0.6) is 5.75 Å². The van der Waals surface area contributed by atoms with Crippen molar-refractivity contribution in [2.45, 2.75) is 32.3 Å². The predicted octanol–water partition coefficient (Wildman–Crippen LogP) is 2.40. The van der Waals surface area contributed by atoms with Gasteiger partial charge in [0.1, 0.15) is 17.6 Å². The summed E-state index contributed by atoms with van der Waals surface area (Å²) in [5, 5.41) is 10.6. The summed E-state index contributed by atoms with van der Waals surface area (Å²) in [6, 6.07) is 4.65. The molecule has 1 atom stereocenters. The molecule has 5 nitrogen and oxygen atoms in total. The van der Waals surface area contributed by atoms with Gasteiger partial charge in [-0.15, -0.1) is 0 Å². The maximum atomic E-state index is 11.1. The van der Waals surface area contributed by atoms with Gasteiger partial charge in [-0.2, -0.15) is 0 Å². The fourth-order valence-electron chi connectivity index (χ4n) is 1.98. The summed E-state index contributed by atoms with van der Waals surface area (Å²) in [7, 11) is 0. The van der Waals surface area contributed by atoms with Gasteiger partial charge in [0.15, 0.2) is 0 Å². The smallest absolute Gasteiger partial charge is 0.272 e. The van der Waals surface area contributed by atoms with Crippen LogP contribution in [0.2, 0.25) is 0 Å². The number of ether oxygens (including phenoxy) is 1. The topological polar surface area (TPSA) is 69.4 Å². The number of hydrogen-bond donors (Lipinski definition) is 0. The zero-order valence-electron chi connectivity index (χ0n) is 9.51. The number of carbonyl (C=O) groups is 1. The number of ketones is 1. The molecule has 2 rings (SSSR count). The van der Waals surface area contributed by atoms with E-state index in [0.717, 1.165) is 6.42 Å². The van der Waals surface area contributed by atoms with Crippen LogP contribution >= 0.6 is 0 Å². The molecule has 0 bridgehead atoms. The second-order valence-corrected chi connectivity index (χ2v) is 4.23. The number of benzene rings is 1. The SMILES string of the molecule is Cc1cc(OC2CCC(=O)C2)ccc1[N+](=O)[O-]. The first-order valence-electron chi connectivity index (χ1n) is 5.49. The van der Waals surface area contributed by atoms with Gasteiger partial charge in [-0.1, -0.05) is 0 Å². The third kappa shape index (κ3) is 2.61. The summed E-state index contributed by atoms with van der Waals surface area (Å²) in [5.41, 5.74) is 0.650. The Morgan fingerprint density at radius 2 is 2.24 bits per heavy atom. The van der Waals surface area contributed by atoms with Crippen molar-refractivity contribution in [3.05, 3.63) is 33.9 Å². The van der Waals surface area contributed by atoms with Crippen LogP contribution in [0.15, 0.2) is 18.2 Å². The highest BCUT2D eigenvalue weighted by molar-refractivity contribution is 5.81. The van der Waals surface area contributed by atoms with Crippen molar-refractivity contribution in [1.82, 2.24) is 0 Å². The quantitative estimate of drug-likeness (QED) is 0.595. The molecule has 0 spiro atoms. The lowest BCUT2D eigenvalue weighted by molar-refractivity contribution is -0.385. The van der Waals surface area contributed by atoms with E-state index in [4.69, 9.17) is 4.74 Å². The van der Waals surface area contributed by atoms with Crippen LogP contribution in [0.25, 0.3) is 0 Å². The molecule has 1 aliphatic rings. The summed E-state index contributed by atoms with van der Waals surface area (Å²) in [4.78, 5) is 21.3. The number of carbonyl (C=O) groups excluding carboxylic acids is 1. The summed E-state index contributed by atoms with van der Waals surface area (Å²) in [6.45, 7) is 1.67. The number of nitro benzene ring substituents is 1. The Kier molecular flexibility index (Phi) is 3.08. The Balaban J connectivity index is 2.10. The van der Waals surface area contributed by atoms with Crippen LogP contribution < -0.4 is 4.74 Å². The fraction of sp³-hybridized carbons (Fsp3) is 0.417. The van der Waals surface area contributed by atoms with Gasteiger partial charge >= 0.3 is 0 Å². The summed E-state index contributed by atoms with van der Waals surface area (Å²) >= 11 is 0. The van der Waals surface area contributed by atoms with Crippen molar-refractivity contribution in [3.8, 4) is 5.75 Å². The molecule has 1 aromatic carbocycles. The molecule has 1 aliphatic carbocycles. The lowest BCUT2D eigenvalue weighted by Crippen LogP contribution is -2.12. The first-order valence-corrected chi connectivity index (χ1v) is 5.49. The second-order valence-electron chi connectivity index (χ2n) is 4.23. The first-order chi connectivity index (χ1) is 8.06. The third-order valence-corrected chi connectivity index (χ3v) is 2.87. The lowest BCUT2D eigenvalue weighted by Gasteiger charge is -2.12. The fourth-order valence-corrected chi connectivity index (χ4v) is 1.98. The number of nitro groups is 1. The number of rotatable bonds is 3. The Morgan fingerprint density at radius 3 is 2.76 bits per heavy atom. The van der Waals surface area contributed by atoms with Crippen molar-refractivity contribution >= 4 is 11.5 Å². The molecule has 0 radical (unpaired) electrons. The zero-order chi connectivity index (χ0) is 12.4. The summed E-state index contributed by atoms with van der Waals surface area (Å²) in [6.07, 6.45) is 1.66. The van der Waals surface area contributed by atoms with E-state index in [1.807, 2.05) is 0 Å². The first kappa shape index (κ1) is 11.6. The lowest BCUT2D eigenvalue weighted by atomic mass is 10.2. The van der Waals surface area contributed by atoms with Crippen LogP contribution in [0.1, 0.15) is 24.8 Å². The van der Waals surface area contributed by atoms with Gasteiger partial charge in [0, 0.05) is 24.5 Å². The van der Waals surface area contributed by atoms with Crippen LogP contribution in [0, 0.1) is 17.0 Å². The summed E-state index contributed by atoms with van der Waals surface area (Å²) in [5.74, 6) is 0.807. The Morgan fingerprint density at radius 1 is 1.47 bits per heavy atom. The molecule has 1 aromatic rings. The van der Waals surface area contributed by atoms with E-state index in [-0.39, 0.29) is 17.6 Å². The van der Waals surface area contributed by atoms with Gasteiger partial charge < -0.3 is 4.74 Å². The van der Waals surface area contributed by atoms with Gasteiger partial charge in [-0.25, -0.2) is 0 Å². The normalized spacial score (nSPS) is 19.4. The summed E-state index contributed by atoms with van der Waals surface area (Å²) < 4.78 is 5.62. The Hall–Kier alpha value is -1.91. The number of hydrogen-bond acceptors (Lipinski definition) is 4. The second kappa shape index (κ2) is 4.53. The minimum Gasteiger partial charge on any atom is -0.490 e. The van der Waals surface area contributed by atoms with Gasteiger partial charge in [0.25, 0.3) is 5.69 Å². The molecule has 0 amide bonds. The highest BCUT2D eigenvalue weighted by atomic mass is 16.6. The van der Waals surface area contributed by atoms with Gasteiger partial charge in [-0.05, 0) is 25.5 Å². The molecule has 0 aromatic heterocycles. The average Bonchev–Trinajstić information content (AvgIpc) is 2.63. The molecule has 17 heavy (non-hydrogen) atoms. The molecule has 1 fully saturated rings. The standard InChI is InChI=1S/C12H13NO4/c1-8-6-10(4-5-12(8)13(15)16)17-11-3-2-9(14)7-11/h4-6,11H,2-3,7H2,1H3. The molecule has 5 heteroatoms. The van der Waals surface area contributed by atoms with Gasteiger partial charge in [-0.3, -0.25) is 14.9 Å². The number of nitrogens with zero attached hydrogens (tertiary/aromatic N) is 1. The van der Waals surface area contributed by atoms with Crippen molar-refractivity contribution in [1.29, 1.82) is 0 Å². The van der Waals surface area contributed by atoms with E-state index in [1.165, 1.54) is 6.07 Å². The monoisotopic (exact) mass is 235 g/mol. The highest BCUT2D eigenvalue weighted by Crippen LogP contribution is 2.26. The van der Waals surface area contributed by atoms with Crippen LogP contribution in [-0.2, 0) is 4.79 Å². The maximum absolute atomic E-state index is 11.1. The Bertz CT molecular complexity index is 470. The zero-order valence-corrected chi connectivity index (χ0v) is 9.51. The van der Waals surface area contributed by atoms with Crippen molar-refractivity contribution < 1.29 is 14.5 Å². The van der Waals surface area contributed by atoms with Crippen molar-refractivity contribution in [2.24, 2.45) is 0 Å². The van der Waals surface area contributed by atoms with Crippen LogP contribution in [0.4, 0.5) is 5.69 Å². The number of Topliss-reactive ketones (excluding diaryl/α,β-unsaturated/α-hetero) is 1. The molecule has 0 saturated heterocycles. The van der Waals surface area contributed by atoms with E-state index < -0.39 is 4.92 Å². The molecule has 0 aliphatic heterocycles. The molecule has 1 unspecified atom stereocenters. The number of aryl methyl sites for hydroxylation is 1. The van der Waals surface area contributed by atoms with Crippen molar-refractivity contribution in [3.63, 3.8) is 0 Å². The Labute approximate surface area is 98.5 Å². The minimum atomic E-state index is -0.418.